The molecule has 0 radical (unpaired) electrons. The van der Waals surface area contributed by atoms with Crippen molar-refractivity contribution in [1.82, 2.24) is 10.3 Å². The predicted octanol–water partition coefficient (Wildman–Crippen LogP) is 2.42. The molecule has 1 rings (SSSR count). The van der Waals surface area contributed by atoms with Gasteiger partial charge in [-0.15, -0.1) is 0 Å². The summed E-state index contributed by atoms with van der Waals surface area (Å²) in [7, 11) is 0. The molecule has 0 aliphatic carbocycles. The third-order valence-electron chi connectivity index (χ3n) is 2.68. The quantitative estimate of drug-likeness (QED) is 0.841. The smallest absolute Gasteiger partial charge is 0.326 e. The molecule has 1 atom stereocenters. The molecule has 0 aliphatic rings. The van der Waals surface area contributed by atoms with Gasteiger partial charge in [0.1, 0.15) is 6.04 Å². The summed E-state index contributed by atoms with van der Waals surface area (Å²) in [6.45, 7) is 3.72. The SMILES string of the molecule is CCCCC(NC(=O)c1cnc(C)cc1Cl)C(=O)O. The van der Waals surface area contributed by atoms with Crippen LogP contribution in [-0.4, -0.2) is 28.0 Å². The highest BCUT2D eigenvalue weighted by Crippen LogP contribution is 2.16. The van der Waals surface area contributed by atoms with Crippen molar-refractivity contribution in [3.05, 3.63) is 28.5 Å². The molecule has 0 saturated heterocycles. The number of aromatic nitrogens is 1. The molecular formula is C13H17ClN2O3. The summed E-state index contributed by atoms with van der Waals surface area (Å²) in [6, 6.07) is 0.669. The van der Waals surface area contributed by atoms with Gasteiger partial charge in [-0.05, 0) is 19.4 Å². The molecule has 1 unspecified atom stereocenters. The fourth-order valence-corrected chi connectivity index (χ4v) is 1.89. The average molecular weight is 285 g/mol. The van der Waals surface area contributed by atoms with Crippen LogP contribution in [0.15, 0.2) is 12.3 Å². The zero-order chi connectivity index (χ0) is 14.4. The van der Waals surface area contributed by atoms with Crippen LogP contribution in [0.1, 0.15) is 42.2 Å². The lowest BCUT2D eigenvalue weighted by molar-refractivity contribution is -0.139. The van der Waals surface area contributed by atoms with E-state index in [1.165, 1.54) is 6.20 Å². The maximum absolute atomic E-state index is 12.0. The van der Waals surface area contributed by atoms with Crippen molar-refractivity contribution in [2.24, 2.45) is 0 Å². The van der Waals surface area contributed by atoms with Crippen LogP contribution in [-0.2, 0) is 4.79 Å². The lowest BCUT2D eigenvalue weighted by Gasteiger charge is -2.14. The molecule has 0 bridgehead atoms. The highest BCUT2D eigenvalue weighted by Gasteiger charge is 2.21. The first-order valence-corrected chi connectivity index (χ1v) is 6.49. The molecule has 1 aromatic heterocycles. The Morgan fingerprint density at radius 1 is 1.53 bits per heavy atom. The summed E-state index contributed by atoms with van der Waals surface area (Å²) in [6.07, 6.45) is 3.35. The fraction of sp³-hybridized carbons (Fsp3) is 0.462. The third kappa shape index (κ3) is 4.52. The Hall–Kier alpha value is -1.62. The first-order valence-electron chi connectivity index (χ1n) is 6.11. The van der Waals surface area contributed by atoms with E-state index in [1.807, 2.05) is 6.92 Å². The van der Waals surface area contributed by atoms with Crippen molar-refractivity contribution in [3.63, 3.8) is 0 Å². The highest BCUT2D eigenvalue weighted by atomic mass is 35.5. The maximum atomic E-state index is 12.0. The number of nitrogens with one attached hydrogen (secondary N) is 1. The molecule has 1 amide bonds. The van der Waals surface area contributed by atoms with Gasteiger partial charge in [-0.25, -0.2) is 4.79 Å². The lowest BCUT2D eigenvalue weighted by atomic mass is 10.1. The maximum Gasteiger partial charge on any atom is 0.326 e. The molecular weight excluding hydrogens is 268 g/mol. The summed E-state index contributed by atoms with van der Waals surface area (Å²) in [4.78, 5) is 27.0. The number of rotatable bonds is 6. The van der Waals surface area contributed by atoms with Crippen LogP contribution in [0.3, 0.4) is 0 Å². The van der Waals surface area contributed by atoms with Gasteiger partial charge < -0.3 is 10.4 Å². The topological polar surface area (TPSA) is 79.3 Å². The molecule has 6 heteroatoms. The van der Waals surface area contributed by atoms with Gasteiger partial charge in [0.2, 0.25) is 0 Å². The Morgan fingerprint density at radius 3 is 2.74 bits per heavy atom. The highest BCUT2D eigenvalue weighted by molar-refractivity contribution is 6.33. The molecule has 0 aromatic carbocycles. The van der Waals surface area contributed by atoms with E-state index in [0.29, 0.717) is 12.1 Å². The van der Waals surface area contributed by atoms with Gasteiger partial charge in [0.15, 0.2) is 0 Å². The second-order valence-electron chi connectivity index (χ2n) is 4.31. The van der Waals surface area contributed by atoms with Gasteiger partial charge in [0.05, 0.1) is 10.6 Å². The number of amides is 1. The second kappa shape index (κ2) is 7.09. The fourth-order valence-electron chi connectivity index (χ4n) is 1.60. The number of unbranched alkanes of at least 4 members (excludes halogenated alkanes) is 1. The normalized spacial score (nSPS) is 11.9. The zero-order valence-corrected chi connectivity index (χ0v) is 11.7. The van der Waals surface area contributed by atoms with Crippen LogP contribution in [0.25, 0.3) is 0 Å². The van der Waals surface area contributed by atoms with E-state index < -0.39 is 17.9 Å². The van der Waals surface area contributed by atoms with E-state index in [1.54, 1.807) is 13.0 Å². The summed E-state index contributed by atoms with van der Waals surface area (Å²) < 4.78 is 0. The number of halogens is 1. The summed E-state index contributed by atoms with van der Waals surface area (Å²) in [5, 5.41) is 11.8. The summed E-state index contributed by atoms with van der Waals surface area (Å²) >= 11 is 5.94. The Balaban J connectivity index is 2.78. The van der Waals surface area contributed by atoms with Gasteiger partial charge in [0.25, 0.3) is 5.91 Å². The first kappa shape index (κ1) is 15.4. The Bertz CT molecular complexity index is 477. The zero-order valence-electron chi connectivity index (χ0n) is 10.9. The Kier molecular flexibility index (Phi) is 5.76. The lowest BCUT2D eigenvalue weighted by Crippen LogP contribution is -2.40. The molecule has 0 aliphatic heterocycles. The number of pyridine rings is 1. The van der Waals surface area contributed by atoms with E-state index in [0.717, 1.165) is 12.8 Å². The van der Waals surface area contributed by atoms with Crippen molar-refractivity contribution in [2.45, 2.75) is 39.2 Å². The van der Waals surface area contributed by atoms with Crippen molar-refractivity contribution in [3.8, 4) is 0 Å². The van der Waals surface area contributed by atoms with Gasteiger partial charge in [-0.2, -0.15) is 0 Å². The van der Waals surface area contributed by atoms with Crippen molar-refractivity contribution in [1.29, 1.82) is 0 Å². The van der Waals surface area contributed by atoms with Crippen molar-refractivity contribution in [2.75, 3.05) is 0 Å². The number of carbonyl (C=O) groups excluding carboxylic acids is 1. The van der Waals surface area contributed by atoms with E-state index in [-0.39, 0.29) is 10.6 Å². The summed E-state index contributed by atoms with van der Waals surface area (Å²) in [5.41, 5.74) is 0.886. The van der Waals surface area contributed by atoms with Gasteiger partial charge in [-0.3, -0.25) is 9.78 Å². The van der Waals surface area contributed by atoms with E-state index in [9.17, 15) is 9.59 Å². The predicted molar refractivity (Wildman–Crippen MR) is 72.4 cm³/mol. The minimum absolute atomic E-state index is 0.190. The number of carbonyl (C=O) groups is 2. The molecule has 19 heavy (non-hydrogen) atoms. The molecule has 1 heterocycles. The molecule has 5 nitrogen and oxygen atoms in total. The van der Waals surface area contributed by atoms with Gasteiger partial charge in [-0.1, -0.05) is 31.4 Å². The standard InChI is InChI=1S/C13H17ClN2O3/c1-3-4-5-11(13(18)19)16-12(17)9-7-15-8(2)6-10(9)14/h6-7,11H,3-5H2,1-2H3,(H,16,17)(H,18,19). The van der Waals surface area contributed by atoms with Gasteiger partial charge >= 0.3 is 5.97 Å². The van der Waals surface area contributed by atoms with Crippen molar-refractivity contribution >= 4 is 23.5 Å². The number of carboxylic acids is 1. The Labute approximate surface area is 117 Å². The minimum Gasteiger partial charge on any atom is -0.480 e. The summed E-state index contributed by atoms with van der Waals surface area (Å²) in [5.74, 6) is -1.56. The van der Waals surface area contributed by atoms with Crippen LogP contribution >= 0.6 is 11.6 Å². The van der Waals surface area contributed by atoms with Crippen LogP contribution in [0.5, 0.6) is 0 Å². The average Bonchev–Trinajstić information content (AvgIpc) is 2.33. The molecule has 2 N–H and O–H groups in total. The Morgan fingerprint density at radius 2 is 2.21 bits per heavy atom. The number of aryl methyl sites for hydroxylation is 1. The molecule has 1 aromatic rings. The molecule has 0 saturated carbocycles. The van der Waals surface area contributed by atoms with Crippen LogP contribution in [0, 0.1) is 6.92 Å². The minimum atomic E-state index is -1.04. The van der Waals surface area contributed by atoms with Gasteiger partial charge in [0, 0.05) is 11.9 Å². The number of carboxylic acid groups (broad SMARTS) is 1. The third-order valence-corrected chi connectivity index (χ3v) is 3.00. The number of aliphatic carboxylic acids is 1. The second-order valence-corrected chi connectivity index (χ2v) is 4.72. The number of hydrogen-bond acceptors (Lipinski definition) is 3. The van der Waals surface area contributed by atoms with E-state index in [2.05, 4.69) is 10.3 Å². The first-order chi connectivity index (χ1) is 8.95. The van der Waals surface area contributed by atoms with Crippen LogP contribution in [0.4, 0.5) is 0 Å². The van der Waals surface area contributed by atoms with E-state index >= 15 is 0 Å². The molecule has 104 valence electrons. The largest absolute Gasteiger partial charge is 0.480 e. The molecule has 0 spiro atoms. The number of hydrogen-bond donors (Lipinski definition) is 2. The monoisotopic (exact) mass is 284 g/mol. The van der Waals surface area contributed by atoms with Crippen LogP contribution in [0.2, 0.25) is 5.02 Å². The molecule has 0 fully saturated rings. The van der Waals surface area contributed by atoms with E-state index in [4.69, 9.17) is 16.7 Å². The number of nitrogens with zero attached hydrogens (tertiary/aromatic N) is 1. The van der Waals surface area contributed by atoms with Crippen LogP contribution < -0.4 is 5.32 Å². The van der Waals surface area contributed by atoms with Crippen molar-refractivity contribution < 1.29 is 14.7 Å².